The minimum absolute atomic E-state index is 0.523. The lowest BCUT2D eigenvalue weighted by molar-refractivity contribution is 0.714. The van der Waals surface area contributed by atoms with E-state index in [1.54, 1.807) is 0 Å². The molecule has 2 rings (SSSR count). The van der Waals surface area contributed by atoms with Gasteiger partial charge in [0, 0.05) is 37.6 Å². The number of nitrogens with one attached hydrogen (secondary N) is 3. The molecule has 0 aliphatic heterocycles. The maximum Gasteiger partial charge on any atom is 0.0410 e. The topological polar surface area (TPSA) is 36.1 Å². The largest absolute Gasteiger partial charge is 0.383 e. The molecule has 0 bridgehead atoms. The maximum absolute atomic E-state index is 3.72. The second kappa shape index (κ2) is 12.1. The summed E-state index contributed by atoms with van der Waals surface area (Å²) in [7, 11) is 0. The third-order valence-corrected chi connectivity index (χ3v) is 5.95. The van der Waals surface area contributed by atoms with Crippen molar-refractivity contribution in [3.8, 4) is 0 Å². The molecule has 0 saturated heterocycles. The highest BCUT2D eigenvalue weighted by atomic mass is 15.0. The summed E-state index contributed by atoms with van der Waals surface area (Å²) in [4.78, 5) is 0. The van der Waals surface area contributed by atoms with Crippen molar-refractivity contribution >= 4 is 11.4 Å². The summed E-state index contributed by atoms with van der Waals surface area (Å²) in [6.45, 7) is 22.0. The summed E-state index contributed by atoms with van der Waals surface area (Å²) in [5, 5.41) is 11.0. The second-order valence-electron chi connectivity index (χ2n) is 9.85. The maximum atomic E-state index is 3.72. The van der Waals surface area contributed by atoms with Crippen LogP contribution in [0.15, 0.2) is 36.4 Å². The summed E-state index contributed by atoms with van der Waals surface area (Å²) >= 11 is 0. The van der Waals surface area contributed by atoms with Crippen LogP contribution in [0.3, 0.4) is 0 Å². The van der Waals surface area contributed by atoms with Gasteiger partial charge in [-0.15, -0.1) is 0 Å². The van der Waals surface area contributed by atoms with Gasteiger partial charge >= 0.3 is 0 Å². The summed E-state index contributed by atoms with van der Waals surface area (Å²) in [6.07, 6.45) is 0. The smallest absolute Gasteiger partial charge is 0.0410 e. The SMILES string of the molecule is CC(C)c1cccc(C(C)C)c1NCCNCCNc1c(C(C)C)cccc1C(C)C. The molecule has 0 radical (unpaired) electrons. The van der Waals surface area contributed by atoms with Crippen LogP contribution in [-0.4, -0.2) is 26.2 Å². The summed E-state index contributed by atoms with van der Waals surface area (Å²) in [5.41, 5.74) is 8.33. The van der Waals surface area contributed by atoms with Crippen LogP contribution < -0.4 is 16.0 Å². The fourth-order valence-electron chi connectivity index (χ4n) is 4.19. The summed E-state index contributed by atoms with van der Waals surface area (Å²) in [5.74, 6) is 2.09. The molecule has 31 heavy (non-hydrogen) atoms. The third-order valence-electron chi connectivity index (χ3n) is 5.95. The van der Waals surface area contributed by atoms with E-state index in [2.05, 4.69) is 108 Å². The monoisotopic (exact) mass is 423 g/mol. The molecule has 0 aliphatic carbocycles. The quantitative estimate of drug-likeness (QED) is 0.314. The standard InChI is InChI=1S/C28H45N3/c1-19(2)23-11-9-12-24(20(3)4)27(23)30-17-15-29-16-18-31-28-25(21(5)6)13-10-14-26(28)22(7)8/h9-14,19-22,29-31H,15-18H2,1-8H3. The van der Waals surface area contributed by atoms with E-state index in [0.29, 0.717) is 23.7 Å². The first-order valence-electron chi connectivity index (χ1n) is 12.2. The van der Waals surface area contributed by atoms with Gasteiger partial charge in [-0.3, -0.25) is 0 Å². The Balaban J connectivity index is 1.87. The molecule has 3 heteroatoms. The van der Waals surface area contributed by atoms with Crippen LogP contribution in [0.25, 0.3) is 0 Å². The zero-order chi connectivity index (χ0) is 23.0. The van der Waals surface area contributed by atoms with Crippen molar-refractivity contribution in [3.63, 3.8) is 0 Å². The molecule has 0 unspecified atom stereocenters. The molecule has 0 spiro atoms. The zero-order valence-corrected chi connectivity index (χ0v) is 21.1. The van der Waals surface area contributed by atoms with Crippen LogP contribution in [0.1, 0.15) is 101 Å². The number of anilines is 2. The number of para-hydroxylation sites is 2. The predicted molar refractivity (Wildman–Crippen MR) is 139 cm³/mol. The van der Waals surface area contributed by atoms with Gasteiger partial charge in [-0.1, -0.05) is 91.8 Å². The molecule has 0 aliphatic rings. The van der Waals surface area contributed by atoms with Crippen LogP contribution in [-0.2, 0) is 0 Å². The van der Waals surface area contributed by atoms with Crippen molar-refractivity contribution in [1.29, 1.82) is 0 Å². The van der Waals surface area contributed by atoms with Gasteiger partial charge in [0.05, 0.1) is 0 Å². The zero-order valence-electron chi connectivity index (χ0n) is 21.1. The van der Waals surface area contributed by atoms with Crippen molar-refractivity contribution in [2.24, 2.45) is 0 Å². The molecule has 3 nitrogen and oxygen atoms in total. The third kappa shape index (κ3) is 7.00. The van der Waals surface area contributed by atoms with Gasteiger partial charge in [0.1, 0.15) is 0 Å². The number of rotatable bonds is 12. The van der Waals surface area contributed by atoms with Gasteiger partial charge in [-0.2, -0.15) is 0 Å². The first-order chi connectivity index (χ1) is 14.7. The average Bonchev–Trinajstić information content (AvgIpc) is 2.72. The highest BCUT2D eigenvalue weighted by Crippen LogP contribution is 2.33. The van der Waals surface area contributed by atoms with E-state index in [-0.39, 0.29) is 0 Å². The Morgan fingerprint density at radius 1 is 0.484 bits per heavy atom. The molecule has 0 aromatic heterocycles. The van der Waals surface area contributed by atoms with Crippen molar-refractivity contribution in [2.75, 3.05) is 36.8 Å². The van der Waals surface area contributed by atoms with E-state index in [4.69, 9.17) is 0 Å². The lowest BCUT2D eigenvalue weighted by Gasteiger charge is -2.22. The van der Waals surface area contributed by atoms with E-state index in [9.17, 15) is 0 Å². The molecular formula is C28H45N3. The average molecular weight is 424 g/mol. The van der Waals surface area contributed by atoms with Gasteiger partial charge in [0.2, 0.25) is 0 Å². The lowest BCUT2D eigenvalue weighted by atomic mass is 9.92. The Morgan fingerprint density at radius 3 is 1.03 bits per heavy atom. The Hall–Kier alpha value is -2.00. The molecule has 172 valence electrons. The lowest BCUT2D eigenvalue weighted by Crippen LogP contribution is -2.28. The van der Waals surface area contributed by atoms with E-state index in [1.165, 1.54) is 33.6 Å². The molecule has 2 aromatic carbocycles. The molecule has 0 fully saturated rings. The van der Waals surface area contributed by atoms with Crippen molar-refractivity contribution in [1.82, 2.24) is 5.32 Å². The van der Waals surface area contributed by atoms with Gasteiger partial charge in [0.25, 0.3) is 0 Å². The first kappa shape index (κ1) is 25.3. The second-order valence-corrected chi connectivity index (χ2v) is 9.85. The Bertz CT molecular complexity index is 686. The molecule has 2 aromatic rings. The van der Waals surface area contributed by atoms with Crippen molar-refractivity contribution < 1.29 is 0 Å². The van der Waals surface area contributed by atoms with E-state index in [1.807, 2.05) is 0 Å². The minimum Gasteiger partial charge on any atom is -0.383 e. The van der Waals surface area contributed by atoms with E-state index < -0.39 is 0 Å². The Kier molecular flexibility index (Phi) is 9.90. The highest BCUT2D eigenvalue weighted by Gasteiger charge is 2.14. The van der Waals surface area contributed by atoms with Crippen molar-refractivity contribution in [3.05, 3.63) is 58.7 Å². The number of hydrogen-bond acceptors (Lipinski definition) is 3. The summed E-state index contributed by atoms with van der Waals surface area (Å²) < 4.78 is 0. The normalized spacial score (nSPS) is 11.7. The predicted octanol–water partition coefficient (Wildman–Crippen LogP) is 7.29. The Labute approximate surface area is 191 Å². The van der Waals surface area contributed by atoms with Crippen LogP contribution in [0.4, 0.5) is 11.4 Å². The van der Waals surface area contributed by atoms with Crippen LogP contribution >= 0.6 is 0 Å². The molecule has 0 atom stereocenters. The molecule has 0 saturated carbocycles. The number of benzene rings is 2. The highest BCUT2D eigenvalue weighted by molar-refractivity contribution is 5.61. The fraction of sp³-hybridized carbons (Fsp3) is 0.571. The van der Waals surface area contributed by atoms with Gasteiger partial charge in [-0.05, 0) is 45.9 Å². The van der Waals surface area contributed by atoms with Crippen molar-refractivity contribution in [2.45, 2.75) is 79.1 Å². The number of hydrogen-bond donors (Lipinski definition) is 3. The van der Waals surface area contributed by atoms with Crippen LogP contribution in [0, 0.1) is 0 Å². The molecule has 0 heterocycles. The molecule has 3 N–H and O–H groups in total. The Morgan fingerprint density at radius 2 is 0.774 bits per heavy atom. The first-order valence-corrected chi connectivity index (χ1v) is 12.2. The molecule has 0 amide bonds. The van der Waals surface area contributed by atoms with Gasteiger partial charge < -0.3 is 16.0 Å². The van der Waals surface area contributed by atoms with Gasteiger partial charge in [-0.25, -0.2) is 0 Å². The van der Waals surface area contributed by atoms with Crippen LogP contribution in [0.2, 0.25) is 0 Å². The molecular weight excluding hydrogens is 378 g/mol. The summed E-state index contributed by atoms with van der Waals surface area (Å²) in [6, 6.07) is 13.4. The van der Waals surface area contributed by atoms with E-state index >= 15 is 0 Å². The minimum atomic E-state index is 0.523. The van der Waals surface area contributed by atoms with Gasteiger partial charge in [0.15, 0.2) is 0 Å². The van der Waals surface area contributed by atoms with E-state index in [0.717, 1.165) is 26.2 Å². The van der Waals surface area contributed by atoms with Crippen LogP contribution in [0.5, 0.6) is 0 Å². The fourth-order valence-corrected chi connectivity index (χ4v) is 4.19.